The maximum atomic E-state index is 2.82. The zero-order chi connectivity index (χ0) is 38.4. The van der Waals surface area contributed by atoms with Crippen molar-refractivity contribution in [3.05, 3.63) is 173 Å². The Labute approximate surface area is 333 Å². The van der Waals surface area contributed by atoms with Crippen molar-refractivity contribution in [1.29, 1.82) is 0 Å². The minimum atomic E-state index is 0.100. The lowest BCUT2D eigenvalue weighted by Crippen LogP contribution is -2.33. The predicted molar refractivity (Wildman–Crippen MR) is 236 cm³/mol. The molecule has 4 unspecified atom stereocenters. The van der Waals surface area contributed by atoms with Crippen LogP contribution in [0.5, 0.6) is 0 Å². The van der Waals surface area contributed by atoms with E-state index < -0.39 is 0 Å². The fraction of sp³-hybridized carbons (Fsp3) is 0.315. The largest absolute Gasteiger partial charge is 0.309 e. The Bertz CT molecular complexity index is 2660. The number of nitrogens with zero attached hydrogens (tertiary/aromatic N) is 2. The quantitative estimate of drug-likeness (QED) is 0.119. The van der Waals surface area contributed by atoms with Crippen molar-refractivity contribution in [2.75, 3.05) is 0 Å². The number of rotatable bonds is 6. The van der Waals surface area contributed by atoms with Crippen molar-refractivity contribution in [2.24, 2.45) is 5.92 Å². The van der Waals surface area contributed by atoms with Crippen LogP contribution in [0.25, 0.3) is 38.6 Å². The van der Waals surface area contributed by atoms with Crippen LogP contribution in [0.2, 0.25) is 0 Å². The van der Waals surface area contributed by atoms with Gasteiger partial charge >= 0.3 is 0 Å². The van der Waals surface area contributed by atoms with Crippen LogP contribution < -0.4 is 0 Å². The molecule has 1 aromatic heterocycles. The Kier molecular flexibility index (Phi) is 8.12. The number of para-hydroxylation sites is 1. The average Bonchev–Trinajstić information content (AvgIpc) is 3.73. The maximum Gasteiger partial charge on any atom is 0.242 e. The van der Waals surface area contributed by atoms with Gasteiger partial charge in [-0.3, -0.25) is 0 Å². The van der Waals surface area contributed by atoms with Crippen molar-refractivity contribution >= 4 is 27.5 Å². The number of hydrogen-bond acceptors (Lipinski definition) is 0. The van der Waals surface area contributed by atoms with Gasteiger partial charge in [-0.25, -0.2) is 4.58 Å². The van der Waals surface area contributed by atoms with E-state index in [0.29, 0.717) is 17.9 Å². The van der Waals surface area contributed by atoms with E-state index in [2.05, 4.69) is 196 Å². The van der Waals surface area contributed by atoms with Crippen molar-refractivity contribution in [2.45, 2.75) is 102 Å². The molecule has 0 radical (unpaired) electrons. The molecule has 2 nitrogen and oxygen atoms in total. The second-order valence-corrected chi connectivity index (χ2v) is 18.7. The molecule has 3 heterocycles. The minimum Gasteiger partial charge on any atom is -0.309 e. The molecule has 4 atom stereocenters. The molecular weight excluding hydrogens is 677 g/mol. The zero-order valence-electron chi connectivity index (χ0n) is 34.0. The summed E-state index contributed by atoms with van der Waals surface area (Å²) in [7, 11) is 0. The van der Waals surface area contributed by atoms with Gasteiger partial charge in [-0.2, -0.15) is 0 Å². The van der Waals surface area contributed by atoms with Crippen LogP contribution >= 0.6 is 0 Å². The van der Waals surface area contributed by atoms with Crippen LogP contribution in [0, 0.1) is 5.92 Å². The van der Waals surface area contributed by atoms with Gasteiger partial charge in [0.2, 0.25) is 11.6 Å². The van der Waals surface area contributed by atoms with Gasteiger partial charge in [0.15, 0.2) is 5.71 Å². The summed E-state index contributed by atoms with van der Waals surface area (Å²) in [6.07, 6.45) is 5.91. The summed E-state index contributed by atoms with van der Waals surface area (Å²) in [5.41, 5.74) is 15.5. The molecule has 56 heavy (non-hydrogen) atoms. The monoisotopic (exact) mass is 731 g/mol. The fourth-order valence-corrected chi connectivity index (χ4v) is 11.2. The zero-order valence-corrected chi connectivity index (χ0v) is 34.0. The van der Waals surface area contributed by atoms with E-state index in [1.807, 2.05) is 0 Å². The second kappa shape index (κ2) is 12.9. The molecule has 2 aliphatic heterocycles. The highest BCUT2D eigenvalue weighted by atomic mass is 15.3. The molecule has 280 valence electrons. The number of benzene rings is 6. The molecule has 2 heteroatoms. The van der Waals surface area contributed by atoms with Gasteiger partial charge < -0.3 is 4.57 Å². The molecule has 6 aromatic carbocycles. The first-order valence-corrected chi connectivity index (χ1v) is 21.1. The molecule has 7 aromatic rings. The Morgan fingerprint density at radius 2 is 1.16 bits per heavy atom. The SMILES string of the molecule is CCC1C(c2cccc(-c3cccc(-n4c5ccccc5c5cc6c(cc54)C(C)(C)CCC6(C)C)c3)c2)=[N+]2C(c3ccccc3)C2(C)CCC1c1ccccc1. The van der Waals surface area contributed by atoms with E-state index in [4.69, 9.17) is 0 Å². The first-order valence-electron chi connectivity index (χ1n) is 21.1. The van der Waals surface area contributed by atoms with Gasteiger partial charge in [0.25, 0.3) is 0 Å². The summed E-state index contributed by atoms with van der Waals surface area (Å²) in [6.45, 7) is 14.7. The van der Waals surface area contributed by atoms with Crippen molar-refractivity contribution in [3.63, 3.8) is 0 Å². The lowest BCUT2D eigenvalue weighted by molar-refractivity contribution is -0.409. The smallest absolute Gasteiger partial charge is 0.242 e. The first kappa shape index (κ1) is 35.2. The van der Waals surface area contributed by atoms with Crippen LogP contribution in [-0.4, -0.2) is 20.4 Å². The maximum absolute atomic E-state index is 2.82. The standard InChI is InChI=1S/C54H55N2/c1-7-42-43(36-18-10-8-11-19-36)28-29-54(6)51(37-20-12-9-13-21-37)56(54)50(42)40-24-16-22-38(32-40)39-23-17-25-41(33-39)55-48-27-15-14-26-44(48)45-34-46-47(35-49(45)55)53(4,5)31-30-52(46,2)3/h8-27,32-35,42-43,51H,7,28-31H2,1-6H3/q+1. The Morgan fingerprint density at radius 3 is 1.88 bits per heavy atom. The molecule has 10 rings (SSSR count). The van der Waals surface area contributed by atoms with Crippen LogP contribution in [0.15, 0.2) is 146 Å². The molecule has 0 N–H and O–H groups in total. The molecule has 1 fully saturated rings. The van der Waals surface area contributed by atoms with E-state index in [1.165, 1.54) is 97.8 Å². The van der Waals surface area contributed by atoms with Crippen LogP contribution in [0.3, 0.4) is 0 Å². The molecule has 0 amide bonds. The Morgan fingerprint density at radius 1 is 0.554 bits per heavy atom. The van der Waals surface area contributed by atoms with E-state index >= 15 is 0 Å². The van der Waals surface area contributed by atoms with E-state index in [0.717, 1.165) is 6.42 Å². The highest BCUT2D eigenvalue weighted by Crippen LogP contribution is 2.57. The van der Waals surface area contributed by atoms with Gasteiger partial charge in [0.05, 0.1) is 17.0 Å². The van der Waals surface area contributed by atoms with Gasteiger partial charge in [-0.15, -0.1) is 0 Å². The third-order valence-electron chi connectivity index (χ3n) is 14.4. The predicted octanol–water partition coefficient (Wildman–Crippen LogP) is 13.7. The van der Waals surface area contributed by atoms with Gasteiger partial charge in [0.1, 0.15) is 0 Å². The number of aromatic nitrogens is 1. The summed E-state index contributed by atoms with van der Waals surface area (Å²) in [4.78, 5) is 0. The topological polar surface area (TPSA) is 7.94 Å². The highest BCUT2D eigenvalue weighted by Gasteiger charge is 2.71. The van der Waals surface area contributed by atoms with Gasteiger partial charge in [0, 0.05) is 40.9 Å². The molecule has 1 saturated heterocycles. The van der Waals surface area contributed by atoms with Crippen LogP contribution in [-0.2, 0) is 10.8 Å². The normalized spacial score (nSPS) is 23.8. The van der Waals surface area contributed by atoms with Crippen molar-refractivity contribution < 1.29 is 4.58 Å². The molecular formula is C54H55N2+. The fourth-order valence-electron chi connectivity index (χ4n) is 11.2. The third-order valence-corrected chi connectivity index (χ3v) is 14.4. The first-order chi connectivity index (χ1) is 27.1. The van der Waals surface area contributed by atoms with Gasteiger partial charge in [-0.05, 0) is 113 Å². The molecule has 3 aliphatic rings. The molecule has 1 aliphatic carbocycles. The summed E-state index contributed by atoms with van der Waals surface area (Å²) >= 11 is 0. The lowest BCUT2D eigenvalue weighted by atomic mass is 9.63. The number of fused-ring (bicyclic) bond motifs is 5. The van der Waals surface area contributed by atoms with Crippen LogP contribution in [0.1, 0.15) is 113 Å². The van der Waals surface area contributed by atoms with E-state index in [1.54, 1.807) is 0 Å². The average molecular weight is 732 g/mol. The summed E-state index contributed by atoms with van der Waals surface area (Å²) in [6, 6.07) is 55.9. The van der Waals surface area contributed by atoms with Crippen molar-refractivity contribution in [1.82, 2.24) is 4.57 Å². The second-order valence-electron chi connectivity index (χ2n) is 18.7. The summed E-state index contributed by atoms with van der Waals surface area (Å²) in [5, 5.41) is 2.69. The molecule has 0 bridgehead atoms. The highest BCUT2D eigenvalue weighted by molar-refractivity contribution is 6.10. The van der Waals surface area contributed by atoms with E-state index in [9.17, 15) is 0 Å². The lowest BCUT2D eigenvalue weighted by Gasteiger charge is -2.42. The Hall–Kier alpha value is -5.21. The summed E-state index contributed by atoms with van der Waals surface area (Å²) in [5.74, 6) is 0.910. The van der Waals surface area contributed by atoms with Gasteiger partial charge in [-0.1, -0.05) is 138 Å². The van der Waals surface area contributed by atoms with Crippen LogP contribution in [0.4, 0.5) is 0 Å². The third kappa shape index (κ3) is 5.47. The molecule has 0 spiro atoms. The van der Waals surface area contributed by atoms with Crippen molar-refractivity contribution in [3.8, 4) is 16.8 Å². The summed E-state index contributed by atoms with van der Waals surface area (Å²) < 4.78 is 5.34. The Balaban J connectivity index is 1.12. The molecule has 0 saturated carbocycles. The minimum absolute atomic E-state index is 0.100. The van der Waals surface area contributed by atoms with E-state index in [-0.39, 0.29) is 16.4 Å². The number of hydrogen-bond donors (Lipinski definition) is 0.